The summed E-state index contributed by atoms with van der Waals surface area (Å²) >= 11 is 3.46. The molecular formula is C17H22BrNO3. The van der Waals surface area contributed by atoms with Gasteiger partial charge in [0.05, 0.1) is 5.41 Å². The summed E-state index contributed by atoms with van der Waals surface area (Å²) in [5.41, 5.74) is 1.49. The van der Waals surface area contributed by atoms with E-state index < -0.39 is 11.4 Å². The Kier molecular flexibility index (Phi) is 5.64. The average molecular weight is 368 g/mol. The van der Waals surface area contributed by atoms with Crippen molar-refractivity contribution in [3.05, 3.63) is 33.8 Å². The summed E-state index contributed by atoms with van der Waals surface area (Å²) in [7, 11) is 0. The largest absolute Gasteiger partial charge is 0.489 e. The van der Waals surface area contributed by atoms with Crippen molar-refractivity contribution in [3.63, 3.8) is 0 Å². The Morgan fingerprint density at radius 3 is 2.77 bits per heavy atom. The second-order valence-corrected chi connectivity index (χ2v) is 6.59. The number of benzene rings is 1. The van der Waals surface area contributed by atoms with Crippen LogP contribution in [0.5, 0.6) is 5.75 Å². The highest BCUT2D eigenvalue weighted by Gasteiger charge is 2.34. The highest BCUT2D eigenvalue weighted by molar-refractivity contribution is 9.10. The Morgan fingerprint density at radius 2 is 2.14 bits per heavy atom. The van der Waals surface area contributed by atoms with Crippen LogP contribution in [0.1, 0.15) is 32.3 Å². The molecule has 22 heavy (non-hydrogen) atoms. The van der Waals surface area contributed by atoms with Crippen molar-refractivity contribution in [2.24, 2.45) is 5.41 Å². The average Bonchev–Trinajstić information content (AvgIpc) is 2.51. The molecule has 0 aliphatic carbocycles. The Hall–Kier alpha value is -1.33. The Balaban J connectivity index is 1.99. The number of aliphatic carboxylic acids is 1. The van der Waals surface area contributed by atoms with Crippen molar-refractivity contribution < 1.29 is 14.6 Å². The molecule has 0 saturated heterocycles. The number of hydrogen-bond donors (Lipinski definition) is 2. The van der Waals surface area contributed by atoms with Crippen LogP contribution in [0.2, 0.25) is 0 Å². The second kappa shape index (κ2) is 7.29. The third-order valence-corrected chi connectivity index (χ3v) is 4.86. The van der Waals surface area contributed by atoms with E-state index in [9.17, 15) is 9.90 Å². The van der Waals surface area contributed by atoms with E-state index in [-0.39, 0.29) is 0 Å². The van der Waals surface area contributed by atoms with E-state index in [0.29, 0.717) is 32.5 Å². The topological polar surface area (TPSA) is 58.6 Å². The molecule has 0 fully saturated rings. The SMILES string of the molecule is CCC(CC)(CNCC1=Cc2cc(Br)ccc2OC1)C(=O)O. The number of rotatable bonds is 7. The summed E-state index contributed by atoms with van der Waals surface area (Å²) in [5, 5.41) is 12.7. The van der Waals surface area contributed by atoms with Gasteiger partial charge in [-0.2, -0.15) is 0 Å². The van der Waals surface area contributed by atoms with Crippen LogP contribution < -0.4 is 10.1 Å². The van der Waals surface area contributed by atoms with Gasteiger partial charge in [-0.3, -0.25) is 4.79 Å². The molecule has 0 spiro atoms. The Morgan fingerprint density at radius 1 is 1.41 bits per heavy atom. The van der Waals surface area contributed by atoms with Crippen LogP contribution in [0, 0.1) is 5.41 Å². The van der Waals surface area contributed by atoms with Crippen LogP contribution in [-0.4, -0.2) is 30.8 Å². The molecule has 0 radical (unpaired) electrons. The molecule has 2 rings (SSSR count). The first-order valence-corrected chi connectivity index (χ1v) is 8.36. The van der Waals surface area contributed by atoms with E-state index in [0.717, 1.165) is 21.4 Å². The van der Waals surface area contributed by atoms with E-state index >= 15 is 0 Å². The zero-order valence-electron chi connectivity index (χ0n) is 13.0. The summed E-state index contributed by atoms with van der Waals surface area (Å²) < 4.78 is 6.74. The van der Waals surface area contributed by atoms with Gasteiger partial charge < -0.3 is 15.2 Å². The van der Waals surface area contributed by atoms with Crippen molar-refractivity contribution in [2.45, 2.75) is 26.7 Å². The molecule has 0 aromatic heterocycles. The van der Waals surface area contributed by atoms with E-state index in [2.05, 4.69) is 27.3 Å². The summed E-state index contributed by atoms with van der Waals surface area (Å²) in [6.45, 7) is 5.51. The number of nitrogens with one attached hydrogen (secondary N) is 1. The van der Waals surface area contributed by atoms with Crippen LogP contribution >= 0.6 is 15.9 Å². The fourth-order valence-corrected chi connectivity index (χ4v) is 3.02. The molecule has 4 nitrogen and oxygen atoms in total. The van der Waals surface area contributed by atoms with Gasteiger partial charge in [-0.05, 0) is 42.7 Å². The summed E-state index contributed by atoms with van der Waals surface area (Å²) in [6, 6.07) is 5.93. The van der Waals surface area contributed by atoms with Gasteiger partial charge in [0.15, 0.2) is 0 Å². The smallest absolute Gasteiger partial charge is 0.310 e. The number of carbonyl (C=O) groups is 1. The minimum atomic E-state index is -0.729. The van der Waals surface area contributed by atoms with E-state index in [4.69, 9.17) is 4.74 Å². The maximum atomic E-state index is 11.5. The van der Waals surface area contributed by atoms with Gasteiger partial charge in [-0.25, -0.2) is 0 Å². The lowest BCUT2D eigenvalue weighted by molar-refractivity contribution is -0.149. The molecule has 1 aromatic carbocycles. The fraction of sp³-hybridized carbons (Fsp3) is 0.471. The quantitative estimate of drug-likeness (QED) is 0.771. The first-order chi connectivity index (χ1) is 10.5. The Labute approximate surface area is 139 Å². The highest BCUT2D eigenvalue weighted by Crippen LogP contribution is 2.29. The number of ether oxygens (including phenoxy) is 1. The van der Waals surface area contributed by atoms with E-state index in [1.807, 2.05) is 32.0 Å². The highest BCUT2D eigenvalue weighted by atomic mass is 79.9. The number of halogens is 1. The van der Waals surface area contributed by atoms with Crippen molar-refractivity contribution in [1.29, 1.82) is 0 Å². The van der Waals surface area contributed by atoms with Gasteiger partial charge >= 0.3 is 5.97 Å². The summed E-state index contributed by atoms with van der Waals surface area (Å²) in [5.74, 6) is 0.155. The minimum absolute atomic E-state index is 0.470. The molecule has 1 aliphatic heterocycles. The van der Waals surface area contributed by atoms with Crippen LogP contribution in [-0.2, 0) is 4.79 Å². The zero-order valence-corrected chi connectivity index (χ0v) is 14.6. The molecule has 1 aliphatic rings. The van der Waals surface area contributed by atoms with Gasteiger partial charge in [0.2, 0.25) is 0 Å². The number of carboxylic acids is 1. The van der Waals surface area contributed by atoms with Crippen molar-refractivity contribution in [1.82, 2.24) is 5.32 Å². The summed E-state index contributed by atoms with van der Waals surface area (Å²) in [6.07, 6.45) is 3.35. The van der Waals surface area contributed by atoms with E-state index in [1.165, 1.54) is 0 Å². The second-order valence-electron chi connectivity index (χ2n) is 5.67. The lowest BCUT2D eigenvalue weighted by Gasteiger charge is -2.27. The van der Waals surface area contributed by atoms with Gasteiger partial charge in [0, 0.05) is 23.1 Å². The number of fused-ring (bicyclic) bond motifs is 1. The van der Waals surface area contributed by atoms with Crippen LogP contribution in [0.25, 0.3) is 6.08 Å². The van der Waals surface area contributed by atoms with Gasteiger partial charge in [0.25, 0.3) is 0 Å². The van der Waals surface area contributed by atoms with Crippen molar-refractivity contribution in [2.75, 3.05) is 19.7 Å². The molecule has 1 aromatic rings. The molecule has 0 amide bonds. The molecule has 0 atom stereocenters. The molecular weight excluding hydrogens is 346 g/mol. The lowest BCUT2D eigenvalue weighted by atomic mass is 9.82. The molecule has 0 bridgehead atoms. The van der Waals surface area contributed by atoms with Crippen molar-refractivity contribution >= 4 is 28.0 Å². The van der Waals surface area contributed by atoms with Crippen LogP contribution in [0.15, 0.2) is 28.2 Å². The predicted molar refractivity (Wildman–Crippen MR) is 91.1 cm³/mol. The van der Waals surface area contributed by atoms with E-state index in [1.54, 1.807) is 0 Å². The Bertz CT molecular complexity index is 579. The fourth-order valence-electron chi connectivity index (χ4n) is 2.64. The molecule has 0 unspecified atom stereocenters. The minimum Gasteiger partial charge on any atom is -0.489 e. The molecule has 0 saturated carbocycles. The van der Waals surface area contributed by atoms with Gasteiger partial charge in [-0.15, -0.1) is 0 Å². The van der Waals surface area contributed by atoms with Gasteiger partial charge in [-0.1, -0.05) is 29.8 Å². The molecule has 120 valence electrons. The lowest BCUT2D eigenvalue weighted by Crippen LogP contribution is -2.41. The molecule has 2 N–H and O–H groups in total. The zero-order chi connectivity index (χ0) is 16.2. The third-order valence-electron chi connectivity index (χ3n) is 4.37. The number of hydrogen-bond acceptors (Lipinski definition) is 3. The van der Waals surface area contributed by atoms with Crippen LogP contribution in [0.4, 0.5) is 0 Å². The first-order valence-electron chi connectivity index (χ1n) is 7.56. The maximum Gasteiger partial charge on any atom is 0.310 e. The maximum absolute atomic E-state index is 11.5. The number of carboxylic acid groups (broad SMARTS) is 1. The van der Waals surface area contributed by atoms with Crippen molar-refractivity contribution in [3.8, 4) is 5.75 Å². The molecule has 5 heteroatoms. The van der Waals surface area contributed by atoms with Crippen LogP contribution in [0.3, 0.4) is 0 Å². The van der Waals surface area contributed by atoms with Gasteiger partial charge in [0.1, 0.15) is 12.4 Å². The summed E-state index contributed by atoms with van der Waals surface area (Å²) in [4.78, 5) is 11.5. The monoisotopic (exact) mass is 367 g/mol. The first kappa shape index (κ1) is 17.0. The third kappa shape index (κ3) is 3.70. The standard InChI is InChI=1S/C17H22BrNO3/c1-3-17(4-2,16(20)21)11-19-9-12-7-13-8-14(18)5-6-15(13)22-10-12/h5-8,19H,3-4,9-11H2,1-2H3,(H,20,21). The molecule has 1 heterocycles. The predicted octanol–water partition coefficient (Wildman–Crippen LogP) is 3.71. The normalized spacial score (nSPS) is 14.0.